The Morgan fingerprint density at radius 1 is 0.962 bits per heavy atom. The number of benzene rings is 2. The van der Waals surface area contributed by atoms with E-state index in [4.69, 9.17) is 22.1 Å². The lowest BCUT2D eigenvalue weighted by Gasteiger charge is -2.14. The summed E-state index contributed by atoms with van der Waals surface area (Å²) in [6, 6.07) is 5.22. The molecule has 144 valence electrons. The zero-order chi connectivity index (χ0) is 20.0. The summed E-state index contributed by atoms with van der Waals surface area (Å²) in [5.41, 5.74) is 13.1. The molecule has 0 aromatic heterocycles. The van der Waals surface area contributed by atoms with Gasteiger partial charge in [0.1, 0.15) is 12.4 Å². The van der Waals surface area contributed by atoms with Gasteiger partial charge >= 0.3 is 0 Å². The van der Waals surface area contributed by atoms with E-state index in [1.165, 1.54) is 27.8 Å². The van der Waals surface area contributed by atoms with E-state index in [0.29, 0.717) is 23.1 Å². The quantitative estimate of drug-likeness (QED) is 0.540. The summed E-state index contributed by atoms with van der Waals surface area (Å²) < 4.78 is 5.47. The molecule has 2 aromatic rings. The van der Waals surface area contributed by atoms with Crippen molar-refractivity contribution in [3.8, 4) is 5.75 Å². The minimum atomic E-state index is 0.595. The molecule has 5 heteroatoms. The summed E-state index contributed by atoms with van der Waals surface area (Å²) in [6.45, 7) is 12.2. The van der Waals surface area contributed by atoms with Crippen molar-refractivity contribution < 1.29 is 4.74 Å². The normalized spacial score (nSPS) is 10.5. The van der Waals surface area contributed by atoms with E-state index >= 15 is 0 Å². The van der Waals surface area contributed by atoms with Crippen molar-refractivity contribution in [2.75, 3.05) is 33.0 Å². The molecule has 2 rings (SSSR count). The monoisotopic (exact) mass is 394 g/mol. The highest BCUT2D eigenvalue weighted by molar-refractivity contribution is 7.80. The molecular formula is C21H31ClN2OS. The third-order valence-electron chi connectivity index (χ3n) is 4.71. The maximum absolute atomic E-state index is 5.92. The fourth-order valence-corrected chi connectivity index (χ4v) is 2.96. The molecule has 3 nitrogen and oxygen atoms in total. The molecular weight excluding hydrogens is 364 g/mol. The number of nitrogens with two attached hydrogens (primary N) is 1. The maximum Gasteiger partial charge on any atom is 0.140 e. The average Bonchev–Trinajstić information content (AvgIpc) is 2.60. The van der Waals surface area contributed by atoms with Crippen molar-refractivity contribution in [1.29, 1.82) is 0 Å². The van der Waals surface area contributed by atoms with E-state index < -0.39 is 0 Å². The topological polar surface area (TPSA) is 38.5 Å². The number of nitrogens with zero attached hydrogens (tertiary/aromatic N) is 1. The number of anilines is 1. The smallest absolute Gasteiger partial charge is 0.140 e. The highest BCUT2D eigenvalue weighted by Crippen LogP contribution is 2.28. The van der Waals surface area contributed by atoms with Gasteiger partial charge in [0.05, 0.1) is 5.02 Å². The third-order valence-corrected chi connectivity index (χ3v) is 5.69. The van der Waals surface area contributed by atoms with Crippen molar-refractivity contribution >= 4 is 29.9 Å². The highest BCUT2D eigenvalue weighted by atomic mass is 35.5. The van der Waals surface area contributed by atoms with E-state index in [1.807, 2.05) is 19.0 Å². The first-order valence-corrected chi connectivity index (χ1v) is 9.47. The van der Waals surface area contributed by atoms with Gasteiger partial charge in [0.2, 0.25) is 0 Å². The fraction of sp³-hybridized carbons (Fsp3) is 0.429. The van der Waals surface area contributed by atoms with Gasteiger partial charge in [-0.25, -0.2) is 0 Å². The zero-order valence-electron chi connectivity index (χ0n) is 16.9. The summed E-state index contributed by atoms with van der Waals surface area (Å²) in [5, 5.41) is 0.595. The lowest BCUT2D eigenvalue weighted by atomic mass is 9.95. The van der Waals surface area contributed by atoms with Crippen LogP contribution < -0.4 is 10.5 Å². The van der Waals surface area contributed by atoms with E-state index in [-0.39, 0.29) is 0 Å². The molecule has 0 heterocycles. The van der Waals surface area contributed by atoms with Crippen molar-refractivity contribution in [3.05, 3.63) is 51.0 Å². The van der Waals surface area contributed by atoms with Gasteiger partial charge in [-0.2, -0.15) is 0 Å². The van der Waals surface area contributed by atoms with Gasteiger partial charge in [-0.1, -0.05) is 11.6 Å². The zero-order valence-corrected chi connectivity index (χ0v) is 18.6. The van der Waals surface area contributed by atoms with Crippen LogP contribution in [0.2, 0.25) is 5.02 Å². The molecule has 2 N–H and O–H groups in total. The first-order valence-electron chi connectivity index (χ1n) is 8.64. The summed E-state index contributed by atoms with van der Waals surface area (Å²) in [6.07, 6.45) is 0. The van der Waals surface area contributed by atoms with Crippen LogP contribution in [0.1, 0.15) is 27.8 Å². The predicted octanol–water partition coefficient (Wildman–Crippen LogP) is 5.38. The SMILES string of the molecule is CN(C)CCOc1cc(N)ccc1Cl.Cc1c(C)c(C)c(S)c(C)c1C. The van der Waals surface area contributed by atoms with Crippen LogP contribution in [-0.4, -0.2) is 32.1 Å². The highest BCUT2D eigenvalue weighted by Gasteiger charge is 2.08. The molecule has 0 fully saturated rings. The predicted molar refractivity (Wildman–Crippen MR) is 117 cm³/mol. The lowest BCUT2D eigenvalue weighted by Crippen LogP contribution is -2.19. The molecule has 0 unspecified atom stereocenters. The molecule has 0 amide bonds. The molecule has 0 saturated heterocycles. The molecule has 0 saturated carbocycles. The number of rotatable bonds is 4. The number of halogens is 1. The van der Waals surface area contributed by atoms with Crippen LogP contribution in [-0.2, 0) is 0 Å². The van der Waals surface area contributed by atoms with Gasteiger partial charge in [-0.15, -0.1) is 12.6 Å². The first kappa shape index (κ1) is 22.7. The standard InChI is InChI=1S/C11H16S.C10H15ClN2O/c1-6-7(2)9(4)11(12)10(5)8(6)3;1-13(2)5-6-14-10-7-8(12)3-4-9(10)11/h12H,1-5H3;3-4,7H,5-6,12H2,1-2H3. The number of hydrogen-bond donors (Lipinski definition) is 2. The Labute approximate surface area is 168 Å². The van der Waals surface area contributed by atoms with Crippen LogP contribution in [0, 0.1) is 34.6 Å². The molecule has 0 aliphatic heterocycles. The number of hydrogen-bond acceptors (Lipinski definition) is 4. The minimum absolute atomic E-state index is 0.595. The fourth-order valence-electron chi connectivity index (χ4n) is 2.45. The van der Waals surface area contributed by atoms with Crippen molar-refractivity contribution in [2.45, 2.75) is 39.5 Å². The minimum Gasteiger partial charge on any atom is -0.491 e. The molecule has 0 atom stereocenters. The number of likely N-dealkylation sites (N-methyl/N-ethyl adjacent to an activating group) is 1. The van der Waals surface area contributed by atoms with E-state index in [0.717, 1.165) is 11.4 Å². The molecule has 2 aromatic carbocycles. The van der Waals surface area contributed by atoms with Crippen LogP contribution >= 0.6 is 24.2 Å². The van der Waals surface area contributed by atoms with E-state index in [9.17, 15) is 0 Å². The molecule has 0 aliphatic rings. The molecule has 0 spiro atoms. The summed E-state index contributed by atoms with van der Waals surface area (Å²) >= 11 is 10.4. The van der Waals surface area contributed by atoms with Crippen LogP contribution in [0.15, 0.2) is 23.1 Å². The molecule has 0 aliphatic carbocycles. The number of ether oxygens (including phenoxy) is 1. The Hall–Kier alpha value is -1.36. The van der Waals surface area contributed by atoms with Gasteiger partial charge < -0.3 is 15.4 Å². The molecule has 26 heavy (non-hydrogen) atoms. The third kappa shape index (κ3) is 6.11. The van der Waals surface area contributed by atoms with Crippen LogP contribution in [0.5, 0.6) is 5.75 Å². The van der Waals surface area contributed by atoms with Gasteiger partial charge in [0, 0.05) is 23.2 Å². The summed E-state index contributed by atoms with van der Waals surface area (Å²) in [4.78, 5) is 3.19. The lowest BCUT2D eigenvalue weighted by molar-refractivity contribution is 0.261. The van der Waals surface area contributed by atoms with Gasteiger partial charge in [-0.05, 0) is 88.7 Å². The Morgan fingerprint density at radius 3 is 1.96 bits per heavy atom. The van der Waals surface area contributed by atoms with Gasteiger partial charge in [0.25, 0.3) is 0 Å². The van der Waals surface area contributed by atoms with E-state index in [1.54, 1.807) is 18.2 Å². The Morgan fingerprint density at radius 2 is 1.46 bits per heavy atom. The van der Waals surface area contributed by atoms with Gasteiger partial charge in [-0.3, -0.25) is 0 Å². The largest absolute Gasteiger partial charge is 0.491 e. The van der Waals surface area contributed by atoms with Crippen molar-refractivity contribution in [2.24, 2.45) is 0 Å². The second kappa shape index (κ2) is 10.1. The van der Waals surface area contributed by atoms with Crippen molar-refractivity contribution in [1.82, 2.24) is 4.90 Å². The number of thiol groups is 1. The Bertz CT molecular complexity index is 655. The Kier molecular flexibility index (Phi) is 8.81. The second-order valence-corrected chi connectivity index (χ2v) is 7.67. The van der Waals surface area contributed by atoms with Crippen molar-refractivity contribution in [3.63, 3.8) is 0 Å². The number of nitrogen functional groups attached to an aromatic ring is 1. The molecule has 0 bridgehead atoms. The Balaban J connectivity index is 0.000000263. The maximum atomic E-state index is 5.92. The molecule has 0 radical (unpaired) electrons. The van der Waals surface area contributed by atoms with Crippen LogP contribution in [0.3, 0.4) is 0 Å². The summed E-state index contributed by atoms with van der Waals surface area (Å²) in [5.74, 6) is 0.647. The van der Waals surface area contributed by atoms with Gasteiger partial charge in [0.15, 0.2) is 0 Å². The van der Waals surface area contributed by atoms with Crippen LogP contribution in [0.25, 0.3) is 0 Å². The summed E-state index contributed by atoms with van der Waals surface area (Å²) in [7, 11) is 3.98. The van der Waals surface area contributed by atoms with Crippen LogP contribution in [0.4, 0.5) is 5.69 Å². The first-order chi connectivity index (χ1) is 12.1. The van der Waals surface area contributed by atoms with E-state index in [2.05, 4.69) is 47.2 Å². The second-order valence-electron chi connectivity index (χ2n) is 6.82. The average molecular weight is 395 g/mol.